The van der Waals surface area contributed by atoms with Crippen molar-refractivity contribution < 1.29 is 13.6 Å². The van der Waals surface area contributed by atoms with Crippen LogP contribution in [0.4, 0.5) is 14.6 Å². The second-order valence-corrected chi connectivity index (χ2v) is 6.28. The van der Waals surface area contributed by atoms with Gasteiger partial charge in [-0.2, -0.15) is 5.10 Å². The molecule has 2 aromatic carbocycles. The molecule has 0 radical (unpaired) electrons. The van der Waals surface area contributed by atoms with Crippen LogP contribution in [0.1, 0.15) is 23.5 Å². The van der Waals surface area contributed by atoms with Gasteiger partial charge in [-0.1, -0.05) is 17.7 Å². The fourth-order valence-corrected chi connectivity index (χ4v) is 3.28. The van der Waals surface area contributed by atoms with Gasteiger partial charge in [0.05, 0.1) is 11.9 Å². The highest BCUT2D eigenvalue weighted by Crippen LogP contribution is 2.38. The molecule has 4 rings (SSSR count). The number of hydrogen-bond donors (Lipinski definition) is 1. The van der Waals surface area contributed by atoms with Crippen molar-refractivity contribution in [3.8, 4) is 5.69 Å². The highest BCUT2D eigenvalue weighted by atomic mass is 35.5. The normalized spacial score (nSPS) is 16.4. The van der Waals surface area contributed by atoms with Gasteiger partial charge in [0.2, 0.25) is 5.91 Å². The topological polar surface area (TPSA) is 46.9 Å². The molecule has 1 aliphatic rings. The molecule has 0 bridgehead atoms. The molecule has 1 aromatic heterocycles. The first-order chi connectivity index (χ1) is 12.0. The SMILES string of the molecule is O=C1CC(c2cc(F)cc(F)c2)c2cnn(-c3cccc(Cl)c3)c2N1. The van der Waals surface area contributed by atoms with Crippen molar-refractivity contribution >= 4 is 23.3 Å². The Labute approximate surface area is 147 Å². The van der Waals surface area contributed by atoms with Crippen molar-refractivity contribution in [2.45, 2.75) is 12.3 Å². The number of halogens is 3. The van der Waals surface area contributed by atoms with E-state index >= 15 is 0 Å². The molecular formula is C18H12ClF2N3O. The molecule has 1 unspecified atom stereocenters. The summed E-state index contributed by atoms with van der Waals surface area (Å²) < 4.78 is 28.7. The van der Waals surface area contributed by atoms with Gasteiger partial charge in [-0.25, -0.2) is 13.5 Å². The summed E-state index contributed by atoms with van der Waals surface area (Å²) in [5.41, 5.74) is 1.78. The number of nitrogens with zero attached hydrogens (tertiary/aromatic N) is 2. The van der Waals surface area contributed by atoms with Gasteiger partial charge in [0.15, 0.2) is 0 Å². The van der Waals surface area contributed by atoms with Gasteiger partial charge in [-0.3, -0.25) is 4.79 Å². The van der Waals surface area contributed by atoms with Gasteiger partial charge in [-0.05, 0) is 35.9 Å². The van der Waals surface area contributed by atoms with Crippen molar-refractivity contribution in [1.82, 2.24) is 9.78 Å². The van der Waals surface area contributed by atoms with Crippen molar-refractivity contribution in [3.05, 3.63) is 76.4 Å². The minimum Gasteiger partial charge on any atom is -0.310 e. The van der Waals surface area contributed by atoms with Crippen molar-refractivity contribution in [3.63, 3.8) is 0 Å². The van der Waals surface area contributed by atoms with Crippen LogP contribution in [0.3, 0.4) is 0 Å². The summed E-state index contributed by atoms with van der Waals surface area (Å²) in [4.78, 5) is 12.2. The van der Waals surface area contributed by atoms with Gasteiger partial charge in [-0.15, -0.1) is 0 Å². The van der Waals surface area contributed by atoms with Gasteiger partial charge in [0.25, 0.3) is 0 Å². The number of carbonyl (C=O) groups excluding carboxylic acids is 1. The average molecular weight is 360 g/mol. The van der Waals surface area contributed by atoms with E-state index in [9.17, 15) is 13.6 Å². The lowest BCUT2D eigenvalue weighted by Crippen LogP contribution is -2.24. The fourth-order valence-electron chi connectivity index (χ4n) is 3.10. The van der Waals surface area contributed by atoms with Gasteiger partial charge in [0.1, 0.15) is 17.5 Å². The van der Waals surface area contributed by atoms with Gasteiger partial charge in [0, 0.05) is 29.0 Å². The first kappa shape index (κ1) is 15.8. The molecule has 4 nitrogen and oxygen atoms in total. The molecular weight excluding hydrogens is 348 g/mol. The van der Waals surface area contributed by atoms with Crippen molar-refractivity contribution in [2.24, 2.45) is 0 Å². The third-order valence-corrected chi connectivity index (χ3v) is 4.40. The van der Waals surface area contributed by atoms with Crippen LogP contribution in [0.25, 0.3) is 5.69 Å². The highest BCUT2D eigenvalue weighted by Gasteiger charge is 2.31. The lowest BCUT2D eigenvalue weighted by atomic mass is 9.87. The summed E-state index contributed by atoms with van der Waals surface area (Å²) in [5, 5.41) is 7.64. The lowest BCUT2D eigenvalue weighted by molar-refractivity contribution is -0.116. The Morgan fingerprint density at radius 3 is 2.64 bits per heavy atom. The van der Waals surface area contributed by atoms with Crippen molar-refractivity contribution in [1.29, 1.82) is 0 Å². The minimum absolute atomic E-state index is 0.0944. The number of carbonyl (C=O) groups is 1. The number of rotatable bonds is 2. The van der Waals surface area contributed by atoms with Gasteiger partial charge < -0.3 is 5.32 Å². The highest BCUT2D eigenvalue weighted by molar-refractivity contribution is 6.30. The second kappa shape index (κ2) is 5.97. The summed E-state index contributed by atoms with van der Waals surface area (Å²) >= 11 is 6.02. The molecule has 2 heterocycles. The van der Waals surface area contributed by atoms with Gasteiger partial charge >= 0.3 is 0 Å². The standard InChI is InChI=1S/C18H12ClF2N3O/c19-11-2-1-3-14(6-11)24-18-16(9-22-24)15(8-17(25)23-18)10-4-12(20)7-13(21)5-10/h1-7,9,15H,8H2,(H,23,25). The monoisotopic (exact) mass is 359 g/mol. The summed E-state index contributed by atoms with van der Waals surface area (Å²) in [6.45, 7) is 0. The van der Waals surface area contributed by atoms with Crippen LogP contribution in [-0.4, -0.2) is 15.7 Å². The molecule has 126 valence electrons. The van der Waals surface area contributed by atoms with Crippen LogP contribution in [0, 0.1) is 11.6 Å². The predicted octanol–water partition coefficient (Wildman–Crippen LogP) is 4.28. The zero-order chi connectivity index (χ0) is 17.6. The Hall–Kier alpha value is -2.73. The zero-order valence-electron chi connectivity index (χ0n) is 12.8. The number of hydrogen-bond acceptors (Lipinski definition) is 2. The van der Waals surface area contributed by atoms with E-state index in [1.54, 1.807) is 35.1 Å². The van der Waals surface area contributed by atoms with Crippen LogP contribution >= 0.6 is 11.6 Å². The second-order valence-electron chi connectivity index (χ2n) is 5.85. The smallest absolute Gasteiger partial charge is 0.226 e. The summed E-state index contributed by atoms with van der Waals surface area (Å²) in [7, 11) is 0. The van der Waals surface area contributed by atoms with E-state index in [1.807, 2.05) is 0 Å². The predicted molar refractivity (Wildman–Crippen MR) is 90.0 cm³/mol. The molecule has 0 spiro atoms. The first-order valence-electron chi connectivity index (χ1n) is 7.61. The number of anilines is 1. The Balaban J connectivity index is 1.84. The van der Waals surface area contributed by atoms with Crippen LogP contribution in [-0.2, 0) is 4.79 Å². The van der Waals surface area contributed by atoms with Crippen LogP contribution in [0.2, 0.25) is 5.02 Å². The molecule has 1 N–H and O–H groups in total. The van der Waals surface area contributed by atoms with E-state index in [4.69, 9.17) is 11.6 Å². The molecule has 1 aliphatic heterocycles. The average Bonchev–Trinajstić information content (AvgIpc) is 2.96. The molecule has 0 aliphatic carbocycles. The third-order valence-electron chi connectivity index (χ3n) is 4.16. The summed E-state index contributed by atoms with van der Waals surface area (Å²) in [5.74, 6) is -1.59. The quantitative estimate of drug-likeness (QED) is 0.742. The number of amides is 1. The van der Waals surface area contributed by atoms with E-state index in [2.05, 4.69) is 10.4 Å². The summed E-state index contributed by atoms with van der Waals surface area (Å²) in [6, 6.07) is 10.3. The molecule has 25 heavy (non-hydrogen) atoms. The molecule has 7 heteroatoms. The third kappa shape index (κ3) is 2.89. The molecule has 0 saturated carbocycles. The number of benzene rings is 2. The molecule has 1 amide bonds. The Kier molecular flexibility index (Phi) is 3.77. The van der Waals surface area contributed by atoms with E-state index in [0.717, 1.165) is 6.07 Å². The number of aromatic nitrogens is 2. The number of nitrogens with one attached hydrogen (secondary N) is 1. The maximum absolute atomic E-state index is 13.6. The molecule has 3 aromatic rings. The van der Waals surface area contributed by atoms with Crippen LogP contribution < -0.4 is 5.32 Å². The van der Waals surface area contributed by atoms with Crippen LogP contribution in [0.5, 0.6) is 0 Å². The fraction of sp³-hybridized carbons (Fsp3) is 0.111. The summed E-state index contributed by atoms with van der Waals surface area (Å²) in [6.07, 6.45) is 1.69. The Morgan fingerprint density at radius 2 is 1.92 bits per heavy atom. The zero-order valence-corrected chi connectivity index (χ0v) is 13.6. The maximum Gasteiger partial charge on any atom is 0.226 e. The maximum atomic E-state index is 13.6. The van der Waals surface area contributed by atoms with Crippen molar-refractivity contribution in [2.75, 3.05) is 5.32 Å². The molecule has 0 fully saturated rings. The Morgan fingerprint density at radius 1 is 1.16 bits per heavy atom. The Bertz CT molecular complexity index is 966. The lowest BCUT2D eigenvalue weighted by Gasteiger charge is -2.24. The van der Waals surface area contributed by atoms with E-state index in [1.165, 1.54) is 12.1 Å². The molecule has 1 atom stereocenters. The van der Waals surface area contributed by atoms with E-state index in [-0.39, 0.29) is 12.3 Å². The molecule has 0 saturated heterocycles. The van der Waals surface area contributed by atoms with Crippen LogP contribution in [0.15, 0.2) is 48.7 Å². The number of fused-ring (bicyclic) bond motifs is 1. The first-order valence-corrected chi connectivity index (χ1v) is 7.99. The van der Waals surface area contributed by atoms with E-state index < -0.39 is 17.6 Å². The largest absolute Gasteiger partial charge is 0.310 e. The minimum atomic E-state index is -0.676. The van der Waals surface area contributed by atoms with E-state index in [0.29, 0.717) is 27.7 Å².